The predicted octanol–water partition coefficient (Wildman–Crippen LogP) is 4.77. The number of benzene rings is 3. The molecule has 0 aliphatic carbocycles. The van der Waals surface area contributed by atoms with Gasteiger partial charge < -0.3 is 31.3 Å². The Labute approximate surface area is 254 Å². The van der Waals surface area contributed by atoms with Crippen molar-refractivity contribution >= 4 is 30.8 Å². The number of nitrogens with one attached hydrogen (secondary N) is 1. The number of halogens is 1. The van der Waals surface area contributed by atoms with Crippen molar-refractivity contribution in [1.29, 1.82) is 0 Å². The van der Waals surface area contributed by atoms with Gasteiger partial charge in [0.2, 0.25) is 0 Å². The van der Waals surface area contributed by atoms with Crippen LogP contribution in [-0.4, -0.2) is 31.7 Å². The molecule has 1 unspecified atom stereocenters. The average molecular weight is 649 g/mol. The van der Waals surface area contributed by atoms with E-state index in [9.17, 15) is 4.57 Å². The van der Waals surface area contributed by atoms with Crippen molar-refractivity contribution in [1.82, 2.24) is 5.32 Å². The summed E-state index contributed by atoms with van der Waals surface area (Å²) >= 11 is 0. The van der Waals surface area contributed by atoms with E-state index >= 15 is 0 Å². The lowest BCUT2D eigenvalue weighted by Crippen LogP contribution is -3.00. The molecule has 3 aromatic rings. The smallest absolute Gasteiger partial charge is 0.347 e. The fraction of sp³-hybridized carbons (Fsp3) is 0.455. The van der Waals surface area contributed by atoms with Crippen LogP contribution in [0.5, 0.6) is 0 Å². The summed E-state index contributed by atoms with van der Waals surface area (Å²) in [5, 5.41) is 7.88. The summed E-state index contributed by atoms with van der Waals surface area (Å²) < 4.78 is 24.9. The minimum absolute atomic E-state index is 0. The van der Waals surface area contributed by atoms with Crippen LogP contribution >= 0.6 is 14.9 Å². The summed E-state index contributed by atoms with van der Waals surface area (Å²) in [4.78, 5) is 0. The van der Waals surface area contributed by atoms with Crippen molar-refractivity contribution in [3.8, 4) is 0 Å². The second-order valence-corrected chi connectivity index (χ2v) is 16.8. The van der Waals surface area contributed by atoms with E-state index in [2.05, 4.69) is 117 Å². The van der Waals surface area contributed by atoms with Gasteiger partial charge in [-0.15, -0.1) is 0 Å². The largest absolute Gasteiger partial charge is 1.00 e. The van der Waals surface area contributed by atoms with E-state index in [0.717, 1.165) is 38.4 Å². The predicted molar refractivity (Wildman–Crippen MR) is 171 cm³/mol. The van der Waals surface area contributed by atoms with Gasteiger partial charge in [0, 0.05) is 0 Å². The fourth-order valence-corrected chi connectivity index (χ4v) is 12.2. The SMILES string of the molecule is CCOP(=O)(OCC)C(NCCCCCC[P+](c1ccccc1)(c1ccccc1)c1ccccc1)C(C)(C)C.[Br-]. The van der Waals surface area contributed by atoms with Crippen molar-refractivity contribution in [3.05, 3.63) is 91.0 Å². The highest BCUT2D eigenvalue weighted by atomic mass is 79.9. The standard InChI is InChI=1S/C33H48NO3P2.BrH/c1-6-36-39(35,37-7-2)32(33(3,4)5)34-27-19-8-9-20-28-38(29-21-13-10-14-22-29,30-23-15-11-16-24-30)31-25-17-12-18-26-31;/h10-18,21-26,32,34H,6-9,19-20,27-28H2,1-5H3;1H/q+1;/p-1. The third kappa shape index (κ3) is 9.09. The summed E-state index contributed by atoms with van der Waals surface area (Å²) in [6.07, 6.45) is 5.61. The number of hydrogen-bond acceptors (Lipinski definition) is 4. The third-order valence-electron chi connectivity index (χ3n) is 7.10. The van der Waals surface area contributed by atoms with Crippen molar-refractivity contribution < 1.29 is 30.6 Å². The van der Waals surface area contributed by atoms with Gasteiger partial charge in [0.1, 0.15) is 29.0 Å². The summed E-state index contributed by atoms with van der Waals surface area (Å²) in [7, 11) is -5.01. The molecule has 0 heterocycles. The molecule has 0 radical (unpaired) electrons. The second kappa shape index (κ2) is 17.0. The molecule has 0 amide bonds. The third-order valence-corrected chi connectivity index (χ3v) is 14.5. The molecular weight excluding hydrogens is 600 g/mol. The minimum atomic E-state index is -3.24. The van der Waals surface area contributed by atoms with Crippen LogP contribution < -0.4 is 38.2 Å². The Morgan fingerprint density at radius 3 is 1.48 bits per heavy atom. The molecule has 0 aliphatic heterocycles. The fourth-order valence-electron chi connectivity index (χ4n) is 5.39. The van der Waals surface area contributed by atoms with Crippen molar-refractivity contribution in [3.63, 3.8) is 0 Å². The first-order chi connectivity index (χ1) is 18.8. The molecule has 0 saturated heterocycles. The normalized spacial score (nSPS) is 13.0. The van der Waals surface area contributed by atoms with Crippen LogP contribution in [0, 0.1) is 5.41 Å². The number of hydrogen-bond donors (Lipinski definition) is 1. The van der Waals surface area contributed by atoms with Gasteiger partial charge in [0.25, 0.3) is 0 Å². The molecule has 0 aliphatic rings. The second-order valence-electron chi connectivity index (χ2n) is 11.1. The van der Waals surface area contributed by atoms with Gasteiger partial charge in [0.05, 0.1) is 19.4 Å². The summed E-state index contributed by atoms with van der Waals surface area (Å²) in [5.74, 6) is -0.335. The Morgan fingerprint density at radius 2 is 1.10 bits per heavy atom. The Balaban J connectivity index is 0.00000560. The molecule has 40 heavy (non-hydrogen) atoms. The Bertz CT molecular complexity index is 1030. The lowest BCUT2D eigenvalue weighted by Gasteiger charge is -2.36. The molecule has 0 fully saturated rings. The van der Waals surface area contributed by atoms with E-state index in [4.69, 9.17) is 9.05 Å². The molecule has 0 spiro atoms. The highest BCUT2D eigenvalue weighted by molar-refractivity contribution is 7.95. The lowest BCUT2D eigenvalue weighted by molar-refractivity contribution is -0.0000143. The molecule has 220 valence electrons. The average Bonchev–Trinajstić information content (AvgIpc) is 2.93. The monoisotopic (exact) mass is 647 g/mol. The van der Waals surface area contributed by atoms with E-state index in [-0.39, 0.29) is 28.2 Å². The van der Waals surface area contributed by atoms with E-state index in [1.807, 2.05) is 13.8 Å². The maximum atomic E-state index is 13.5. The minimum Gasteiger partial charge on any atom is -1.00 e. The van der Waals surface area contributed by atoms with E-state index in [0.29, 0.717) is 13.2 Å². The van der Waals surface area contributed by atoms with Gasteiger partial charge in [-0.05, 0) is 81.5 Å². The molecule has 3 rings (SSSR count). The molecule has 4 nitrogen and oxygen atoms in total. The first-order valence-electron chi connectivity index (χ1n) is 14.4. The number of rotatable bonds is 16. The zero-order valence-corrected chi connectivity index (χ0v) is 28.3. The van der Waals surface area contributed by atoms with E-state index in [1.165, 1.54) is 15.9 Å². The summed E-state index contributed by atoms with van der Waals surface area (Å²) in [6.45, 7) is 11.6. The van der Waals surface area contributed by atoms with Crippen LogP contribution in [0.1, 0.15) is 60.3 Å². The first-order valence-corrected chi connectivity index (χ1v) is 18.0. The zero-order chi connectivity index (χ0) is 28.2. The highest BCUT2D eigenvalue weighted by Gasteiger charge is 2.45. The van der Waals surface area contributed by atoms with E-state index < -0.39 is 14.9 Å². The molecule has 1 atom stereocenters. The molecular formula is C33H48BrNO3P2. The quantitative estimate of drug-likeness (QED) is 0.180. The molecule has 1 N–H and O–H groups in total. The van der Waals surface area contributed by atoms with Crippen LogP contribution in [-0.2, 0) is 13.6 Å². The first kappa shape index (κ1) is 34.9. The van der Waals surface area contributed by atoms with Gasteiger partial charge in [-0.2, -0.15) is 0 Å². The molecule has 7 heteroatoms. The van der Waals surface area contributed by atoms with E-state index in [1.54, 1.807) is 0 Å². The molecule has 0 aromatic heterocycles. The van der Waals surface area contributed by atoms with Gasteiger partial charge >= 0.3 is 7.60 Å². The maximum absolute atomic E-state index is 13.5. The van der Waals surface area contributed by atoms with Crippen LogP contribution in [0.3, 0.4) is 0 Å². The summed E-state index contributed by atoms with van der Waals surface area (Å²) in [6, 6.07) is 33.3. The highest BCUT2D eigenvalue weighted by Crippen LogP contribution is 2.57. The van der Waals surface area contributed by atoms with Crippen LogP contribution in [0.2, 0.25) is 0 Å². The number of unbranched alkanes of at least 4 members (excludes halogenated alkanes) is 3. The van der Waals surface area contributed by atoms with Gasteiger partial charge in [-0.3, -0.25) is 4.57 Å². The van der Waals surface area contributed by atoms with Gasteiger partial charge in [0.15, 0.2) is 0 Å². The van der Waals surface area contributed by atoms with Crippen LogP contribution in [0.4, 0.5) is 0 Å². The maximum Gasteiger partial charge on any atom is 0.347 e. The molecule has 0 bridgehead atoms. The van der Waals surface area contributed by atoms with Gasteiger partial charge in [-0.1, -0.05) is 81.8 Å². The lowest BCUT2D eigenvalue weighted by atomic mass is 9.96. The molecule has 0 saturated carbocycles. The van der Waals surface area contributed by atoms with Crippen molar-refractivity contribution in [2.45, 2.75) is 66.1 Å². The Kier molecular flexibility index (Phi) is 14.8. The van der Waals surface area contributed by atoms with Crippen LogP contribution in [0.15, 0.2) is 91.0 Å². The Morgan fingerprint density at radius 1 is 0.700 bits per heavy atom. The van der Waals surface area contributed by atoms with Crippen LogP contribution in [0.25, 0.3) is 0 Å². The topological polar surface area (TPSA) is 47.6 Å². The van der Waals surface area contributed by atoms with Gasteiger partial charge in [-0.25, -0.2) is 0 Å². The van der Waals surface area contributed by atoms with Crippen molar-refractivity contribution in [2.75, 3.05) is 25.9 Å². The Hall–Kier alpha value is -1.32. The molecule has 3 aromatic carbocycles. The zero-order valence-electron chi connectivity index (χ0n) is 24.9. The summed E-state index contributed by atoms with van der Waals surface area (Å²) in [5.41, 5.74) is -0.245. The van der Waals surface area contributed by atoms with Crippen molar-refractivity contribution in [2.24, 2.45) is 5.41 Å².